The molecule has 1 aliphatic rings. The van der Waals surface area contributed by atoms with Gasteiger partial charge in [-0.25, -0.2) is 0 Å². The number of hydrogen-bond donors (Lipinski definition) is 2. The molecule has 0 bridgehead atoms. The van der Waals surface area contributed by atoms with Gasteiger partial charge in [-0.05, 0) is 18.2 Å². The number of likely N-dealkylation sites (tertiary alicyclic amines) is 1. The number of carbonyl (C=O) groups excluding carboxylic acids is 3. The summed E-state index contributed by atoms with van der Waals surface area (Å²) in [5.74, 6) is -1.12. The predicted octanol–water partition coefficient (Wildman–Crippen LogP) is -0.178. The average molecular weight is 290 g/mol. The van der Waals surface area contributed by atoms with Crippen molar-refractivity contribution in [3.05, 3.63) is 23.8 Å². The Morgan fingerprint density at radius 1 is 1.38 bits per heavy atom. The molecule has 1 atom stereocenters. The number of hydrogen-bond acceptors (Lipinski definition) is 5. The fourth-order valence-corrected chi connectivity index (χ4v) is 2.23. The maximum absolute atomic E-state index is 12.4. The molecule has 7 heteroatoms. The van der Waals surface area contributed by atoms with E-state index in [4.69, 9.17) is 5.73 Å². The number of nitrogens with two attached hydrogens (primary N) is 1. The summed E-state index contributed by atoms with van der Waals surface area (Å²) in [6.07, 6.45) is -0.0132. The number of imide groups is 1. The maximum Gasteiger partial charge on any atom is 0.254 e. The van der Waals surface area contributed by atoms with Crippen LogP contribution in [-0.2, 0) is 9.59 Å². The third kappa shape index (κ3) is 2.81. The molecule has 1 fully saturated rings. The van der Waals surface area contributed by atoms with Gasteiger partial charge in [0.2, 0.25) is 5.91 Å². The van der Waals surface area contributed by atoms with Crippen LogP contribution in [0.2, 0.25) is 0 Å². The number of nitrogen functional groups attached to an aromatic ring is 1. The van der Waals surface area contributed by atoms with Gasteiger partial charge in [0, 0.05) is 32.5 Å². The van der Waals surface area contributed by atoms with Gasteiger partial charge in [0.15, 0.2) is 0 Å². The van der Waals surface area contributed by atoms with E-state index < -0.39 is 17.9 Å². The molecule has 0 saturated carbocycles. The van der Waals surface area contributed by atoms with Crippen molar-refractivity contribution in [2.75, 3.05) is 31.8 Å². The second kappa shape index (κ2) is 5.43. The van der Waals surface area contributed by atoms with Crippen molar-refractivity contribution >= 4 is 29.1 Å². The summed E-state index contributed by atoms with van der Waals surface area (Å²) in [4.78, 5) is 38.5. The molecule has 1 aromatic rings. The number of carbonyl (C=O) groups is 3. The van der Waals surface area contributed by atoms with Crippen molar-refractivity contribution in [2.24, 2.45) is 0 Å². The van der Waals surface area contributed by atoms with E-state index in [1.54, 1.807) is 37.2 Å². The molecule has 1 unspecified atom stereocenters. The first-order valence-electron chi connectivity index (χ1n) is 6.49. The molecule has 112 valence electrons. The van der Waals surface area contributed by atoms with Gasteiger partial charge < -0.3 is 16.0 Å². The van der Waals surface area contributed by atoms with Crippen LogP contribution in [0.3, 0.4) is 0 Å². The molecule has 2 rings (SSSR count). The van der Waals surface area contributed by atoms with Crippen LogP contribution in [0.5, 0.6) is 0 Å². The Bertz CT molecular complexity index is 612. The third-order valence-corrected chi connectivity index (χ3v) is 3.43. The molecular weight excluding hydrogens is 272 g/mol. The van der Waals surface area contributed by atoms with E-state index in [0.29, 0.717) is 16.9 Å². The lowest BCUT2D eigenvalue weighted by atomic mass is 10.1. The van der Waals surface area contributed by atoms with Crippen LogP contribution in [0.15, 0.2) is 18.2 Å². The highest BCUT2D eigenvalue weighted by Crippen LogP contribution is 2.22. The first-order valence-corrected chi connectivity index (χ1v) is 6.49. The van der Waals surface area contributed by atoms with Crippen LogP contribution in [0.4, 0.5) is 11.4 Å². The van der Waals surface area contributed by atoms with E-state index in [2.05, 4.69) is 5.32 Å². The van der Waals surface area contributed by atoms with Crippen LogP contribution in [-0.4, -0.2) is 49.8 Å². The summed E-state index contributed by atoms with van der Waals surface area (Å²) < 4.78 is 0. The Morgan fingerprint density at radius 2 is 2.05 bits per heavy atom. The number of nitrogens with one attached hydrogen (secondary N) is 1. The summed E-state index contributed by atoms with van der Waals surface area (Å²) in [5, 5.41) is 2.60. The molecule has 3 N–H and O–H groups in total. The van der Waals surface area contributed by atoms with E-state index in [9.17, 15) is 14.4 Å². The molecule has 1 aliphatic heterocycles. The highest BCUT2D eigenvalue weighted by molar-refractivity contribution is 6.09. The number of anilines is 2. The number of benzene rings is 1. The minimum atomic E-state index is -0.813. The normalized spacial score (nSPS) is 18.0. The lowest BCUT2D eigenvalue weighted by Crippen LogP contribution is -2.41. The molecule has 3 amide bonds. The molecule has 1 heterocycles. The standard InChI is InChI=1S/C14H18N4O3/c1-17(2)11-5-4-8(15)6-9(11)13(20)16-10-7-12(19)18(3)14(10)21/h4-6,10H,7,15H2,1-3H3,(H,16,20). The minimum absolute atomic E-state index is 0.0132. The highest BCUT2D eigenvalue weighted by Gasteiger charge is 2.37. The largest absolute Gasteiger partial charge is 0.399 e. The third-order valence-electron chi connectivity index (χ3n) is 3.43. The SMILES string of the molecule is CN1C(=O)CC(NC(=O)c2cc(N)ccc2N(C)C)C1=O. The van der Waals surface area contributed by atoms with Gasteiger partial charge in [0.05, 0.1) is 12.0 Å². The molecular formula is C14H18N4O3. The second-order valence-electron chi connectivity index (χ2n) is 5.19. The van der Waals surface area contributed by atoms with E-state index in [0.717, 1.165) is 4.90 Å². The van der Waals surface area contributed by atoms with E-state index in [-0.39, 0.29) is 12.3 Å². The Morgan fingerprint density at radius 3 is 2.57 bits per heavy atom. The number of nitrogens with zero attached hydrogens (tertiary/aromatic N) is 2. The second-order valence-corrected chi connectivity index (χ2v) is 5.19. The summed E-state index contributed by atoms with van der Waals surface area (Å²) in [6, 6.07) is 4.17. The first-order chi connectivity index (χ1) is 9.81. The summed E-state index contributed by atoms with van der Waals surface area (Å²) >= 11 is 0. The van der Waals surface area contributed by atoms with Crippen molar-refractivity contribution in [1.82, 2.24) is 10.2 Å². The minimum Gasteiger partial charge on any atom is -0.399 e. The Hall–Kier alpha value is -2.57. The fourth-order valence-electron chi connectivity index (χ4n) is 2.23. The van der Waals surface area contributed by atoms with Crippen LogP contribution < -0.4 is 16.0 Å². The van der Waals surface area contributed by atoms with Crippen LogP contribution >= 0.6 is 0 Å². The van der Waals surface area contributed by atoms with Gasteiger partial charge in [-0.3, -0.25) is 19.3 Å². The molecule has 0 radical (unpaired) electrons. The molecule has 1 aromatic carbocycles. The number of likely N-dealkylation sites (N-methyl/N-ethyl adjacent to an activating group) is 1. The van der Waals surface area contributed by atoms with Gasteiger partial charge in [-0.2, -0.15) is 0 Å². The summed E-state index contributed by atoms with van der Waals surface area (Å²) in [6.45, 7) is 0. The van der Waals surface area contributed by atoms with Gasteiger partial charge >= 0.3 is 0 Å². The molecule has 21 heavy (non-hydrogen) atoms. The molecule has 7 nitrogen and oxygen atoms in total. The van der Waals surface area contributed by atoms with E-state index in [1.807, 2.05) is 0 Å². The lowest BCUT2D eigenvalue weighted by molar-refractivity contribution is -0.137. The van der Waals surface area contributed by atoms with Gasteiger partial charge in [-0.15, -0.1) is 0 Å². The monoisotopic (exact) mass is 290 g/mol. The Balaban J connectivity index is 2.23. The van der Waals surface area contributed by atoms with E-state index in [1.165, 1.54) is 7.05 Å². The predicted molar refractivity (Wildman–Crippen MR) is 78.8 cm³/mol. The smallest absolute Gasteiger partial charge is 0.254 e. The summed E-state index contributed by atoms with van der Waals surface area (Å²) in [5.41, 5.74) is 7.23. The van der Waals surface area contributed by atoms with Crippen molar-refractivity contribution in [2.45, 2.75) is 12.5 Å². The zero-order valence-corrected chi connectivity index (χ0v) is 12.2. The zero-order valence-electron chi connectivity index (χ0n) is 12.2. The van der Waals surface area contributed by atoms with Crippen LogP contribution in [0, 0.1) is 0 Å². The number of rotatable bonds is 3. The van der Waals surface area contributed by atoms with Crippen molar-refractivity contribution < 1.29 is 14.4 Å². The lowest BCUT2D eigenvalue weighted by Gasteiger charge is -2.18. The summed E-state index contributed by atoms with van der Waals surface area (Å²) in [7, 11) is 5.02. The topological polar surface area (TPSA) is 95.7 Å². The van der Waals surface area contributed by atoms with Crippen LogP contribution in [0.25, 0.3) is 0 Å². The van der Waals surface area contributed by atoms with Crippen LogP contribution in [0.1, 0.15) is 16.8 Å². The van der Waals surface area contributed by atoms with Crippen molar-refractivity contribution in [3.8, 4) is 0 Å². The zero-order chi connectivity index (χ0) is 15.7. The van der Waals surface area contributed by atoms with E-state index >= 15 is 0 Å². The average Bonchev–Trinajstić information content (AvgIpc) is 2.66. The highest BCUT2D eigenvalue weighted by atomic mass is 16.2. The molecule has 1 saturated heterocycles. The quantitative estimate of drug-likeness (QED) is 0.595. The van der Waals surface area contributed by atoms with Crippen molar-refractivity contribution in [3.63, 3.8) is 0 Å². The molecule has 0 aromatic heterocycles. The van der Waals surface area contributed by atoms with Gasteiger partial charge in [-0.1, -0.05) is 0 Å². The molecule has 0 spiro atoms. The fraction of sp³-hybridized carbons (Fsp3) is 0.357. The maximum atomic E-state index is 12.4. The Kier molecular flexibility index (Phi) is 3.84. The van der Waals surface area contributed by atoms with Gasteiger partial charge in [0.25, 0.3) is 11.8 Å². The first kappa shape index (κ1) is 14.8. The van der Waals surface area contributed by atoms with Crippen molar-refractivity contribution in [1.29, 1.82) is 0 Å². The number of amides is 3. The Labute approximate surface area is 122 Å². The molecule has 0 aliphatic carbocycles. The van der Waals surface area contributed by atoms with Gasteiger partial charge in [0.1, 0.15) is 6.04 Å².